The van der Waals surface area contributed by atoms with Crippen molar-refractivity contribution in [3.8, 4) is 0 Å². The molecule has 0 radical (unpaired) electrons. The molecule has 1 amide bonds. The molecule has 0 aliphatic rings. The molecule has 2 aromatic carbocycles. The molecule has 104 valence electrons. The van der Waals surface area contributed by atoms with E-state index >= 15 is 0 Å². The van der Waals surface area contributed by atoms with Gasteiger partial charge in [0.25, 0.3) is 5.91 Å². The molecule has 0 fully saturated rings. The molecule has 2 rings (SSSR count). The first-order valence-corrected chi connectivity index (χ1v) is 7.19. The van der Waals surface area contributed by atoms with E-state index in [2.05, 4.69) is 21.2 Å². The molecule has 5 heteroatoms. The summed E-state index contributed by atoms with van der Waals surface area (Å²) in [5.74, 6) is -0.262. The Bertz CT molecular complexity index is 644. The van der Waals surface area contributed by atoms with Gasteiger partial charge in [0.15, 0.2) is 0 Å². The van der Waals surface area contributed by atoms with Gasteiger partial charge in [0.05, 0.1) is 11.7 Å². The van der Waals surface area contributed by atoms with Crippen molar-refractivity contribution in [1.82, 2.24) is 0 Å². The SMILES string of the molecule is CC(O)c1ccccc1NC(=O)c1ccc(Cl)cc1Br. The standard InChI is InChI=1S/C15H13BrClNO2/c1-9(19)11-4-2-3-5-14(11)18-15(20)12-7-6-10(17)8-13(12)16/h2-9,19H,1H3,(H,18,20). The van der Waals surface area contributed by atoms with Gasteiger partial charge in [-0.1, -0.05) is 29.8 Å². The average Bonchev–Trinajstić information content (AvgIpc) is 2.38. The fourth-order valence-electron chi connectivity index (χ4n) is 1.84. The maximum atomic E-state index is 12.3. The van der Waals surface area contributed by atoms with Crippen molar-refractivity contribution in [2.75, 3.05) is 5.32 Å². The summed E-state index contributed by atoms with van der Waals surface area (Å²) in [5.41, 5.74) is 1.75. The summed E-state index contributed by atoms with van der Waals surface area (Å²) in [6.07, 6.45) is -0.653. The third-order valence-corrected chi connectivity index (χ3v) is 3.73. The molecule has 0 bridgehead atoms. The lowest BCUT2D eigenvalue weighted by molar-refractivity contribution is 0.102. The van der Waals surface area contributed by atoms with Crippen LogP contribution in [0.15, 0.2) is 46.9 Å². The summed E-state index contributed by atoms with van der Waals surface area (Å²) in [7, 11) is 0. The molecular weight excluding hydrogens is 342 g/mol. The summed E-state index contributed by atoms with van der Waals surface area (Å²) < 4.78 is 0.622. The van der Waals surface area contributed by atoms with Crippen molar-refractivity contribution < 1.29 is 9.90 Å². The summed E-state index contributed by atoms with van der Waals surface area (Å²) >= 11 is 9.17. The number of amides is 1. The lowest BCUT2D eigenvalue weighted by atomic mass is 10.1. The van der Waals surface area contributed by atoms with Crippen molar-refractivity contribution in [2.24, 2.45) is 0 Å². The highest BCUT2D eigenvalue weighted by Gasteiger charge is 2.14. The zero-order valence-electron chi connectivity index (χ0n) is 10.7. The largest absolute Gasteiger partial charge is 0.389 e. The number of benzene rings is 2. The van der Waals surface area contributed by atoms with Crippen LogP contribution < -0.4 is 5.32 Å². The van der Waals surface area contributed by atoms with Crippen LogP contribution in [0.5, 0.6) is 0 Å². The second-order valence-electron chi connectivity index (χ2n) is 4.34. The van der Waals surface area contributed by atoms with Crippen molar-refractivity contribution in [3.63, 3.8) is 0 Å². The predicted octanol–water partition coefficient (Wildman–Crippen LogP) is 4.41. The van der Waals surface area contributed by atoms with Gasteiger partial charge in [0, 0.05) is 20.7 Å². The van der Waals surface area contributed by atoms with Crippen molar-refractivity contribution in [3.05, 3.63) is 63.1 Å². The van der Waals surface area contributed by atoms with E-state index in [1.807, 2.05) is 6.07 Å². The van der Waals surface area contributed by atoms with E-state index < -0.39 is 6.10 Å². The van der Waals surface area contributed by atoms with Gasteiger partial charge in [0.1, 0.15) is 0 Å². The highest BCUT2D eigenvalue weighted by molar-refractivity contribution is 9.10. The Morgan fingerprint density at radius 1 is 1.30 bits per heavy atom. The van der Waals surface area contributed by atoms with E-state index in [-0.39, 0.29) is 5.91 Å². The molecule has 20 heavy (non-hydrogen) atoms. The molecule has 1 atom stereocenters. The molecule has 3 nitrogen and oxygen atoms in total. The summed E-state index contributed by atoms with van der Waals surface area (Å²) in [4.78, 5) is 12.3. The first kappa shape index (κ1) is 15.0. The van der Waals surface area contributed by atoms with Crippen LogP contribution in [0.3, 0.4) is 0 Å². The van der Waals surface area contributed by atoms with Crippen LogP contribution >= 0.6 is 27.5 Å². The number of aliphatic hydroxyl groups is 1. The molecule has 0 heterocycles. The monoisotopic (exact) mass is 353 g/mol. The maximum absolute atomic E-state index is 12.3. The number of aliphatic hydroxyl groups excluding tert-OH is 1. The maximum Gasteiger partial charge on any atom is 0.256 e. The highest BCUT2D eigenvalue weighted by atomic mass is 79.9. The van der Waals surface area contributed by atoms with E-state index in [1.54, 1.807) is 43.3 Å². The molecular formula is C15H13BrClNO2. The van der Waals surface area contributed by atoms with Crippen LogP contribution in [0.1, 0.15) is 28.9 Å². The molecule has 0 aromatic heterocycles. The summed E-state index contributed by atoms with van der Waals surface area (Å²) in [6, 6.07) is 12.1. The Morgan fingerprint density at radius 2 is 2.00 bits per heavy atom. The van der Waals surface area contributed by atoms with Gasteiger partial charge in [-0.05, 0) is 47.1 Å². The minimum absolute atomic E-state index is 0.262. The first-order valence-electron chi connectivity index (χ1n) is 6.02. The number of nitrogens with one attached hydrogen (secondary N) is 1. The zero-order chi connectivity index (χ0) is 14.7. The van der Waals surface area contributed by atoms with E-state index in [1.165, 1.54) is 0 Å². The minimum Gasteiger partial charge on any atom is -0.389 e. The van der Waals surface area contributed by atoms with Gasteiger partial charge in [-0.3, -0.25) is 4.79 Å². The van der Waals surface area contributed by atoms with Crippen molar-refractivity contribution in [2.45, 2.75) is 13.0 Å². The quantitative estimate of drug-likeness (QED) is 0.858. The zero-order valence-corrected chi connectivity index (χ0v) is 13.1. The number of hydrogen-bond acceptors (Lipinski definition) is 2. The van der Waals surface area contributed by atoms with Crippen LogP contribution in [-0.2, 0) is 0 Å². The second-order valence-corrected chi connectivity index (χ2v) is 5.63. The van der Waals surface area contributed by atoms with Gasteiger partial charge < -0.3 is 10.4 Å². The number of rotatable bonds is 3. The third-order valence-electron chi connectivity index (χ3n) is 2.83. The van der Waals surface area contributed by atoms with Gasteiger partial charge in [-0.2, -0.15) is 0 Å². The van der Waals surface area contributed by atoms with Crippen molar-refractivity contribution in [1.29, 1.82) is 0 Å². The molecule has 1 unspecified atom stereocenters. The van der Waals surface area contributed by atoms with E-state index in [4.69, 9.17) is 11.6 Å². The lowest BCUT2D eigenvalue weighted by Gasteiger charge is -2.13. The van der Waals surface area contributed by atoms with Crippen LogP contribution in [0.25, 0.3) is 0 Å². The van der Waals surface area contributed by atoms with Crippen LogP contribution in [0.2, 0.25) is 5.02 Å². The highest BCUT2D eigenvalue weighted by Crippen LogP contribution is 2.25. The Labute approximate surface area is 130 Å². The van der Waals surface area contributed by atoms with Gasteiger partial charge in [0.2, 0.25) is 0 Å². The van der Waals surface area contributed by atoms with Crippen LogP contribution in [-0.4, -0.2) is 11.0 Å². The third kappa shape index (κ3) is 3.39. The predicted molar refractivity (Wildman–Crippen MR) is 84.2 cm³/mol. The van der Waals surface area contributed by atoms with E-state index in [0.29, 0.717) is 26.3 Å². The Hall–Kier alpha value is -1.36. The fraction of sp³-hybridized carbons (Fsp3) is 0.133. The van der Waals surface area contributed by atoms with Gasteiger partial charge in [-0.25, -0.2) is 0 Å². The number of hydrogen-bond donors (Lipinski definition) is 2. The number of para-hydroxylation sites is 1. The topological polar surface area (TPSA) is 49.3 Å². The van der Waals surface area contributed by atoms with Crippen LogP contribution in [0.4, 0.5) is 5.69 Å². The summed E-state index contributed by atoms with van der Waals surface area (Å²) in [6.45, 7) is 1.66. The van der Waals surface area contributed by atoms with E-state index in [0.717, 1.165) is 0 Å². The number of anilines is 1. The molecule has 2 N–H and O–H groups in total. The van der Waals surface area contributed by atoms with Gasteiger partial charge in [-0.15, -0.1) is 0 Å². The first-order chi connectivity index (χ1) is 9.49. The number of carbonyl (C=O) groups excluding carboxylic acids is 1. The number of carbonyl (C=O) groups is 1. The van der Waals surface area contributed by atoms with Crippen LogP contribution in [0, 0.1) is 0 Å². The minimum atomic E-state index is -0.653. The second kappa shape index (κ2) is 6.39. The summed E-state index contributed by atoms with van der Waals surface area (Å²) in [5, 5.41) is 13.1. The molecule has 0 aliphatic heterocycles. The number of halogens is 2. The average molecular weight is 355 g/mol. The normalized spacial score (nSPS) is 12.0. The van der Waals surface area contributed by atoms with E-state index in [9.17, 15) is 9.90 Å². The molecule has 0 aliphatic carbocycles. The molecule has 0 saturated heterocycles. The lowest BCUT2D eigenvalue weighted by Crippen LogP contribution is -2.14. The Morgan fingerprint density at radius 3 is 2.65 bits per heavy atom. The molecule has 0 spiro atoms. The Kier molecular flexibility index (Phi) is 4.81. The molecule has 0 saturated carbocycles. The Balaban J connectivity index is 2.28. The molecule has 2 aromatic rings. The smallest absolute Gasteiger partial charge is 0.256 e. The fourth-order valence-corrected chi connectivity index (χ4v) is 2.70. The van der Waals surface area contributed by atoms with Crippen molar-refractivity contribution >= 4 is 39.1 Å². The van der Waals surface area contributed by atoms with Gasteiger partial charge >= 0.3 is 0 Å².